The lowest BCUT2D eigenvalue weighted by atomic mass is 10.1. The van der Waals surface area contributed by atoms with Crippen LogP contribution in [0.15, 0.2) is 17.7 Å². The van der Waals surface area contributed by atoms with Crippen LogP contribution in [0.25, 0.3) is 6.08 Å². The summed E-state index contributed by atoms with van der Waals surface area (Å²) in [6.07, 6.45) is 2.29. The van der Waals surface area contributed by atoms with Crippen molar-refractivity contribution in [3.63, 3.8) is 0 Å². The van der Waals surface area contributed by atoms with Gasteiger partial charge < -0.3 is 14.8 Å². The molecule has 0 atom stereocenters. The van der Waals surface area contributed by atoms with Gasteiger partial charge in [-0.05, 0) is 75.4 Å². The number of methoxy groups -OCH3 is 2. The number of carbonyl (C=O) groups is 1. The first kappa shape index (κ1) is 19.2. The second-order valence-electron chi connectivity index (χ2n) is 4.29. The van der Waals surface area contributed by atoms with Crippen LogP contribution in [0.4, 0.5) is 0 Å². The molecule has 1 N–H and O–H groups in total. The molecule has 0 radical (unpaired) electrons. The van der Waals surface area contributed by atoms with E-state index in [1.807, 2.05) is 18.2 Å². The van der Waals surface area contributed by atoms with Crippen LogP contribution in [-0.2, 0) is 9.53 Å². The maximum Gasteiger partial charge on any atom is 0.261 e. The maximum atomic E-state index is 12.0. The quantitative estimate of drug-likeness (QED) is 0.257. The van der Waals surface area contributed by atoms with Crippen molar-refractivity contribution in [2.24, 2.45) is 0 Å². The minimum atomic E-state index is -0.376. The Balaban J connectivity index is 2.89. The van der Waals surface area contributed by atoms with Gasteiger partial charge in [-0.15, -0.1) is 0 Å². The summed E-state index contributed by atoms with van der Waals surface area (Å²) < 4.78 is 12.1. The number of amides is 1. The van der Waals surface area contributed by atoms with Gasteiger partial charge in [-0.3, -0.25) is 4.79 Å². The third-order valence-corrected chi connectivity index (χ3v) is 4.31. The molecule has 1 aromatic carbocycles. The highest BCUT2D eigenvalue weighted by atomic mass is 127. The molecule has 22 heavy (non-hydrogen) atoms. The zero-order valence-electron chi connectivity index (χ0n) is 12.3. The second kappa shape index (κ2) is 10.0. The summed E-state index contributed by atoms with van der Waals surface area (Å²) in [6.45, 7) is 1.05. The zero-order valence-corrected chi connectivity index (χ0v) is 16.6. The van der Waals surface area contributed by atoms with Gasteiger partial charge in [-0.2, -0.15) is 5.26 Å². The van der Waals surface area contributed by atoms with Gasteiger partial charge in [0.25, 0.3) is 5.91 Å². The molecule has 0 saturated carbocycles. The van der Waals surface area contributed by atoms with Crippen LogP contribution in [0.5, 0.6) is 5.75 Å². The molecule has 5 nitrogen and oxygen atoms in total. The van der Waals surface area contributed by atoms with Crippen LogP contribution in [0, 0.1) is 18.5 Å². The van der Waals surface area contributed by atoms with Gasteiger partial charge in [0, 0.05) is 20.3 Å². The highest BCUT2D eigenvalue weighted by Crippen LogP contribution is 2.29. The summed E-state index contributed by atoms with van der Waals surface area (Å²) in [5.41, 5.74) is 0.868. The Kier molecular flexibility index (Phi) is 8.74. The van der Waals surface area contributed by atoms with Crippen molar-refractivity contribution in [3.8, 4) is 11.8 Å². The monoisotopic (exact) mass is 526 g/mol. The standard InChI is InChI=1S/C15H16I2N2O3/c1-21-5-3-4-19-15(20)11(9-18)6-10-7-12(16)14(22-2)13(17)8-10/h6-8H,3-5H2,1-2H3,(H,19,20)/b11-6+. The molecule has 0 heterocycles. The van der Waals surface area contributed by atoms with Gasteiger partial charge in [-0.1, -0.05) is 0 Å². The highest BCUT2D eigenvalue weighted by molar-refractivity contribution is 14.1. The Hall–Kier alpha value is -0.860. The number of ether oxygens (including phenoxy) is 2. The summed E-state index contributed by atoms with van der Waals surface area (Å²) in [7, 11) is 3.22. The van der Waals surface area contributed by atoms with Gasteiger partial charge in [0.05, 0.1) is 14.3 Å². The Morgan fingerprint density at radius 3 is 2.50 bits per heavy atom. The Bertz CT molecular complexity index is 586. The molecule has 0 saturated heterocycles. The van der Waals surface area contributed by atoms with E-state index in [2.05, 4.69) is 50.5 Å². The van der Waals surface area contributed by atoms with Crippen molar-refractivity contribution < 1.29 is 14.3 Å². The van der Waals surface area contributed by atoms with Crippen molar-refractivity contribution in [1.82, 2.24) is 5.32 Å². The fourth-order valence-electron chi connectivity index (χ4n) is 1.69. The number of nitrogens with zero attached hydrogens (tertiary/aromatic N) is 1. The Labute approximate surface area is 157 Å². The normalized spacial score (nSPS) is 11.0. The topological polar surface area (TPSA) is 71.3 Å². The molecule has 0 bridgehead atoms. The Morgan fingerprint density at radius 1 is 1.36 bits per heavy atom. The van der Waals surface area contributed by atoms with Gasteiger partial charge >= 0.3 is 0 Å². The van der Waals surface area contributed by atoms with Gasteiger partial charge in [0.1, 0.15) is 17.4 Å². The van der Waals surface area contributed by atoms with E-state index in [9.17, 15) is 4.79 Å². The summed E-state index contributed by atoms with van der Waals surface area (Å²) in [6, 6.07) is 5.68. The minimum Gasteiger partial charge on any atom is -0.495 e. The number of carbonyl (C=O) groups excluding carboxylic acids is 1. The summed E-state index contributed by atoms with van der Waals surface area (Å²) in [5.74, 6) is 0.417. The molecule has 0 spiro atoms. The predicted octanol–water partition coefficient (Wildman–Crippen LogP) is 2.96. The number of hydrogen-bond acceptors (Lipinski definition) is 4. The molecule has 118 valence electrons. The predicted molar refractivity (Wildman–Crippen MR) is 102 cm³/mol. The third-order valence-electron chi connectivity index (χ3n) is 2.71. The molecule has 0 unspecified atom stereocenters. The largest absolute Gasteiger partial charge is 0.495 e. The fourth-order valence-corrected chi connectivity index (χ4v) is 3.94. The van der Waals surface area contributed by atoms with E-state index in [4.69, 9.17) is 14.7 Å². The van der Waals surface area contributed by atoms with Crippen LogP contribution < -0.4 is 10.1 Å². The molecular weight excluding hydrogens is 510 g/mol. The van der Waals surface area contributed by atoms with E-state index in [-0.39, 0.29) is 11.5 Å². The molecule has 1 rings (SSSR count). The molecule has 1 aromatic rings. The first-order valence-electron chi connectivity index (χ1n) is 6.45. The minimum absolute atomic E-state index is 0.0779. The van der Waals surface area contributed by atoms with Crippen molar-refractivity contribution >= 4 is 57.2 Å². The van der Waals surface area contributed by atoms with Crippen molar-refractivity contribution in [2.75, 3.05) is 27.4 Å². The Morgan fingerprint density at radius 2 is 2.00 bits per heavy atom. The van der Waals surface area contributed by atoms with E-state index in [0.29, 0.717) is 19.6 Å². The lowest BCUT2D eigenvalue weighted by Crippen LogP contribution is -2.26. The number of hydrogen-bond donors (Lipinski definition) is 1. The van der Waals surface area contributed by atoms with Crippen LogP contribution in [0.3, 0.4) is 0 Å². The fraction of sp³-hybridized carbons (Fsp3) is 0.333. The molecule has 0 aliphatic rings. The molecular formula is C15H16I2N2O3. The van der Waals surface area contributed by atoms with Crippen LogP contribution in [0.1, 0.15) is 12.0 Å². The van der Waals surface area contributed by atoms with Gasteiger partial charge in [0.2, 0.25) is 0 Å². The summed E-state index contributed by atoms with van der Waals surface area (Å²) in [4.78, 5) is 12.0. The van der Waals surface area contributed by atoms with Gasteiger partial charge in [-0.25, -0.2) is 0 Å². The van der Waals surface area contributed by atoms with E-state index < -0.39 is 0 Å². The first-order valence-corrected chi connectivity index (χ1v) is 8.61. The maximum absolute atomic E-state index is 12.0. The van der Waals surface area contributed by atoms with Gasteiger partial charge in [0.15, 0.2) is 0 Å². The van der Waals surface area contributed by atoms with E-state index in [0.717, 1.165) is 18.5 Å². The van der Waals surface area contributed by atoms with Crippen LogP contribution >= 0.6 is 45.2 Å². The first-order chi connectivity index (χ1) is 10.5. The third kappa shape index (κ3) is 5.73. The van der Waals surface area contributed by atoms with Crippen LogP contribution in [-0.4, -0.2) is 33.3 Å². The molecule has 0 aliphatic heterocycles. The number of halogens is 2. The number of nitriles is 1. The molecule has 7 heteroatoms. The van der Waals surface area contributed by atoms with E-state index in [1.165, 1.54) is 0 Å². The zero-order chi connectivity index (χ0) is 16.5. The molecule has 0 aliphatic carbocycles. The second-order valence-corrected chi connectivity index (χ2v) is 6.61. The summed E-state index contributed by atoms with van der Waals surface area (Å²) in [5, 5.41) is 11.9. The van der Waals surface area contributed by atoms with E-state index in [1.54, 1.807) is 20.3 Å². The number of nitrogens with one attached hydrogen (secondary N) is 1. The van der Waals surface area contributed by atoms with E-state index >= 15 is 0 Å². The average molecular weight is 526 g/mol. The average Bonchev–Trinajstić information content (AvgIpc) is 2.48. The number of benzene rings is 1. The van der Waals surface area contributed by atoms with Crippen molar-refractivity contribution in [1.29, 1.82) is 5.26 Å². The SMILES string of the molecule is COCCCNC(=O)/C(C#N)=C/c1cc(I)c(OC)c(I)c1. The molecule has 0 aromatic heterocycles. The highest BCUT2D eigenvalue weighted by Gasteiger charge is 2.11. The number of rotatable bonds is 7. The lowest BCUT2D eigenvalue weighted by molar-refractivity contribution is -0.117. The lowest BCUT2D eigenvalue weighted by Gasteiger charge is -2.08. The molecule has 0 fully saturated rings. The summed E-state index contributed by atoms with van der Waals surface area (Å²) >= 11 is 4.33. The smallest absolute Gasteiger partial charge is 0.261 e. The van der Waals surface area contributed by atoms with Crippen molar-refractivity contribution in [3.05, 3.63) is 30.4 Å². The van der Waals surface area contributed by atoms with Crippen molar-refractivity contribution in [2.45, 2.75) is 6.42 Å². The van der Waals surface area contributed by atoms with Crippen LogP contribution in [0.2, 0.25) is 0 Å². The molecule has 1 amide bonds.